The fraction of sp³-hybridized carbons (Fsp3) is 0.192. The largest absolute Gasteiger partial charge is 0.294 e. The van der Waals surface area contributed by atoms with Crippen LogP contribution >= 0.6 is 11.6 Å². The Balaban J connectivity index is 1.75. The van der Waals surface area contributed by atoms with Gasteiger partial charge in [0.25, 0.3) is 0 Å². The van der Waals surface area contributed by atoms with Crippen molar-refractivity contribution in [3.05, 3.63) is 107 Å². The fourth-order valence-corrected chi connectivity index (χ4v) is 4.50. The summed E-state index contributed by atoms with van der Waals surface area (Å²) < 4.78 is 0. The van der Waals surface area contributed by atoms with Crippen LogP contribution in [0.4, 0.5) is 0 Å². The number of hydrogen-bond acceptors (Lipinski definition) is 3. The van der Waals surface area contributed by atoms with E-state index in [-0.39, 0.29) is 12.2 Å². The molecule has 0 amide bonds. The van der Waals surface area contributed by atoms with Gasteiger partial charge in [0.05, 0.1) is 0 Å². The molecule has 3 aromatic rings. The van der Waals surface area contributed by atoms with Crippen molar-refractivity contribution >= 4 is 29.0 Å². The average Bonchev–Trinajstić information content (AvgIpc) is 3.00. The highest BCUT2D eigenvalue weighted by Gasteiger charge is 2.57. The van der Waals surface area contributed by atoms with Gasteiger partial charge in [-0.05, 0) is 17.5 Å². The molecule has 0 heterocycles. The first-order valence-corrected chi connectivity index (χ1v) is 10.4. The van der Waals surface area contributed by atoms with Crippen LogP contribution in [0.3, 0.4) is 0 Å². The zero-order chi connectivity index (χ0) is 21.3. The van der Waals surface area contributed by atoms with Gasteiger partial charge >= 0.3 is 0 Å². The molecule has 0 spiro atoms. The maximum absolute atomic E-state index is 13.3. The van der Waals surface area contributed by atoms with E-state index in [9.17, 15) is 14.4 Å². The molecule has 0 saturated heterocycles. The Morgan fingerprint density at radius 2 is 1.37 bits per heavy atom. The Morgan fingerprint density at radius 3 is 1.90 bits per heavy atom. The lowest BCUT2D eigenvalue weighted by atomic mass is 9.78. The molecule has 4 heteroatoms. The predicted molar refractivity (Wildman–Crippen MR) is 118 cm³/mol. The van der Waals surface area contributed by atoms with E-state index in [4.69, 9.17) is 11.6 Å². The second-order valence-electron chi connectivity index (χ2n) is 7.56. The highest BCUT2D eigenvalue weighted by Crippen LogP contribution is 2.46. The number of alkyl halides is 1. The molecule has 1 atom stereocenters. The van der Waals surface area contributed by atoms with Crippen LogP contribution in [0.2, 0.25) is 0 Å². The summed E-state index contributed by atoms with van der Waals surface area (Å²) in [4.78, 5) is 37.9. The summed E-state index contributed by atoms with van der Waals surface area (Å²) in [7, 11) is 0. The standard InChI is InChI=1S/C26H21ClO3/c1-2-17-12-14-19(15-13-17)23(28)16-22(18-8-4-3-5-9-18)26(27)24(29)20-10-6-7-11-21(20)25(26)30/h3-15,22H,2,16H2,1H3/t22-/m0/s1. The van der Waals surface area contributed by atoms with E-state index in [2.05, 4.69) is 6.92 Å². The van der Waals surface area contributed by atoms with Gasteiger partial charge in [-0.1, -0.05) is 85.8 Å². The number of benzene rings is 3. The molecule has 3 aromatic carbocycles. The first-order chi connectivity index (χ1) is 14.5. The molecule has 0 saturated carbocycles. The molecule has 150 valence electrons. The molecular formula is C26H21ClO3. The molecule has 4 rings (SSSR count). The summed E-state index contributed by atoms with van der Waals surface area (Å²) in [6, 6.07) is 23.2. The van der Waals surface area contributed by atoms with E-state index < -0.39 is 22.4 Å². The van der Waals surface area contributed by atoms with E-state index >= 15 is 0 Å². The number of fused-ring (bicyclic) bond motifs is 1. The van der Waals surface area contributed by atoms with Gasteiger partial charge in [0.15, 0.2) is 22.2 Å². The molecule has 30 heavy (non-hydrogen) atoms. The third kappa shape index (κ3) is 3.29. The number of aryl methyl sites for hydroxylation is 1. The SMILES string of the molecule is CCc1ccc(C(=O)C[C@@H](c2ccccc2)C2(Cl)C(=O)c3ccccc3C2=O)cc1. The second kappa shape index (κ2) is 8.00. The van der Waals surface area contributed by atoms with E-state index in [1.54, 1.807) is 36.4 Å². The monoisotopic (exact) mass is 416 g/mol. The minimum atomic E-state index is -1.83. The van der Waals surface area contributed by atoms with Gasteiger partial charge in [-0.15, -0.1) is 11.6 Å². The van der Waals surface area contributed by atoms with Crippen LogP contribution in [0.1, 0.15) is 61.5 Å². The van der Waals surface area contributed by atoms with Crippen molar-refractivity contribution < 1.29 is 14.4 Å². The van der Waals surface area contributed by atoms with Crippen LogP contribution in [0, 0.1) is 0 Å². The normalized spacial score (nSPS) is 15.7. The summed E-state index contributed by atoms with van der Waals surface area (Å²) in [6.07, 6.45) is 0.845. The summed E-state index contributed by atoms with van der Waals surface area (Å²) in [5.74, 6) is -1.80. The van der Waals surface area contributed by atoms with Crippen molar-refractivity contribution in [3.8, 4) is 0 Å². The molecule has 0 aromatic heterocycles. The van der Waals surface area contributed by atoms with Gasteiger partial charge in [-0.2, -0.15) is 0 Å². The Labute approximate surface area is 180 Å². The third-order valence-electron chi connectivity index (χ3n) is 5.83. The molecule has 3 nitrogen and oxygen atoms in total. The van der Waals surface area contributed by atoms with Gasteiger partial charge in [-0.3, -0.25) is 14.4 Å². The van der Waals surface area contributed by atoms with Crippen LogP contribution < -0.4 is 0 Å². The van der Waals surface area contributed by atoms with Crippen LogP contribution in [-0.2, 0) is 6.42 Å². The van der Waals surface area contributed by atoms with Gasteiger partial charge in [0.1, 0.15) is 0 Å². The Hall–Kier alpha value is -3.04. The molecule has 0 unspecified atom stereocenters. The van der Waals surface area contributed by atoms with Gasteiger partial charge in [0.2, 0.25) is 0 Å². The summed E-state index contributed by atoms with van der Waals surface area (Å²) >= 11 is 6.87. The number of halogens is 1. The molecule has 1 aliphatic rings. The van der Waals surface area contributed by atoms with Crippen LogP contribution in [-0.4, -0.2) is 22.2 Å². The molecule has 0 radical (unpaired) electrons. The lowest BCUT2D eigenvalue weighted by molar-refractivity contribution is 0.0829. The van der Waals surface area contributed by atoms with Crippen LogP contribution in [0.15, 0.2) is 78.9 Å². The van der Waals surface area contributed by atoms with E-state index in [1.165, 1.54) is 0 Å². The maximum Gasteiger partial charge on any atom is 0.193 e. The van der Waals surface area contributed by atoms with Crippen molar-refractivity contribution in [2.24, 2.45) is 0 Å². The zero-order valence-corrected chi connectivity index (χ0v) is 17.4. The van der Waals surface area contributed by atoms with E-state index in [0.29, 0.717) is 22.3 Å². The topological polar surface area (TPSA) is 51.2 Å². The summed E-state index contributed by atoms with van der Waals surface area (Å²) in [5, 5.41) is 0. The van der Waals surface area contributed by atoms with E-state index in [0.717, 1.165) is 12.0 Å². The zero-order valence-electron chi connectivity index (χ0n) is 16.6. The molecule has 1 aliphatic carbocycles. The Bertz CT molecular complexity index is 1080. The third-order valence-corrected chi connectivity index (χ3v) is 6.44. The summed E-state index contributed by atoms with van der Waals surface area (Å²) in [6.45, 7) is 2.05. The van der Waals surface area contributed by atoms with Gasteiger partial charge in [-0.25, -0.2) is 0 Å². The fourth-order valence-electron chi connectivity index (χ4n) is 4.09. The molecule has 0 bridgehead atoms. The lowest BCUT2D eigenvalue weighted by Crippen LogP contribution is -2.42. The molecule has 0 N–H and O–H groups in total. The number of rotatable bonds is 6. The minimum Gasteiger partial charge on any atom is -0.294 e. The van der Waals surface area contributed by atoms with Crippen molar-refractivity contribution in [2.45, 2.75) is 30.6 Å². The number of Topliss-reactive ketones (excluding diaryl/α,β-unsaturated/α-hetero) is 3. The highest BCUT2D eigenvalue weighted by atomic mass is 35.5. The average molecular weight is 417 g/mol. The number of carbonyl (C=O) groups is 3. The molecule has 0 aliphatic heterocycles. The van der Waals surface area contributed by atoms with Gasteiger partial charge < -0.3 is 0 Å². The molecular weight excluding hydrogens is 396 g/mol. The first kappa shape index (κ1) is 20.2. The van der Waals surface area contributed by atoms with Crippen molar-refractivity contribution in [3.63, 3.8) is 0 Å². The van der Waals surface area contributed by atoms with Crippen molar-refractivity contribution in [1.82, 2.24) is 0 Å². The first-order valence-electron chi connectivity index (χ1n) is 10.0. The van der Waals surface area contributed by atoms with E-state index in [1.807, 2.05) is 42.5 Å². The number of hydrogen-bond donors (Lipinski definition) is 0. The number of carbonyl (C=O) groups excluding carboxylic acids is 3. The second-order valence-corrected chi connectivity index (χ2v) is 8.15. The number of ketones is 3. The van der Waals surface area contributed by atoms with Crippen molar-refractivity contribution in [2.75, 3.05) is 0 Å². The quantitative estimate of drug-likeness (QED) is 0.296. The highest BCUT2D eigenvalue weighted by molar-refractivity contribution is 6.56. The molecule has 0 fully saturated rings. The maximum atomic E-state index is 13.3. The smallest absolute Gasteiger partial charge is 0.193 e. The predicted octanol–water partition coefficient (Wildman–Crippen LogP) is 5.66. The van der Waals surface area contributed by atoms with Crippen molar-refractivity contribution in [1.29, 1.82) is 0 Å². The lowest BCUT2D eigenvalue weighted by Gasteiger charge is -2.29. The minimum absolute atomic E-state index is 0.0372. The summed E-state index contributed by atoms with van der Waals surface area (Å²) in [5.41, 5.74) is 3.01. The Kier molecular flexibility index (Phi) is 5.40. The van der Waals surface area contributed by atoms with Gasteiger partial charge in [0, 0.05) is 29.0 Å². The Morgan fingerprint density at radius 1 is 0.833 bits per heavy atom. The van der Waals surface area contributed by atoms with Crippen LogP contribution in [0.5, 0.6) is 0 Å². The van der Waals surface area contributed by atoms with Crippen LogP contribution in [0.25, 0.3) is 0 Å².